The molecule has 2 fully saturated rings. The van der Waals surface area contributed by atoms with Gasteiger partial charge < -0.3 is 14.6 Å². The summed E-state index contributed by atoms with van der Waals surface area (Å²) < 4.78 is 114. The van der Waals surface area contributed by atoms with Crippen LogP contribution in [-0.2, 0) is 14.3 Å². The lowest BCUT2D eigenvalue weighted by atomic mass is 9.63. The summed E-state index contributed by atoms with van der Waals surface area (Å²) in [7, 11) is 0. The van der Waals surface area contributed by atoms with Crippen molar-refractivity contribution in [2.75, 3.05) is 0 Å². The number of hydrogen-bond acceptors (Lipinski definition) is 4. The van der Waals surface area contributed by atoms with Gasteiger partial charge in [-0.15, -0.1) is 0 Å². The summed E-state index contributed by atoms with van der Waals surface area (Å²) in [5.74, 6) is -18.2. The van der Waals surface area contributed by atoms with E-state index >= 15 is 17.6 Å². The molecule has 0 radical (unpaired) electrons. The Labute approximate surface area is 169 Å². The van der Waals surface area contributed by atoms with Crippen molar-refractivity contribution < 1.29 is 50.1 Å². The molecule has 0 amide bonds. The zero-order valence-electron chi connectivity index (χ0n) is 16.8. The maximum Gasteiger partial charge on any atom is 0.424 e. The van der Waals surface area contributed by atoms with Crippen LogP contribution in [0.5, 0.6) is 0 Å². The highest BCUT2D eigenvalue weighted by Crippen LogP contribution is 2.67. The zero-order valence-corrected chi connectivity index (χ0v) is 16.8. The second kappa shape index (κ2) is 7.36. The van der Waals surface area contributed by atoms with Crippen molar-refractivity contribution in [3.05, 3.63) is 12.2 Å². The van der Waals surface area contributed by atoms with Crippen LogP contribution in [0.15, 0.2) is 12.2 Å². The fourth-order valence-corrected chi connectivity index (χ4v) is 4.52. The van der Waals surface area contributed by atoms with Gasteiger partial charge in [0.2, 0.25) is 17.0 Å². The van der Waals surface area contributed by atoms with Gasteiger partial charge in [-0.05, 0) is 33.1 Å². The number of hydrogen-bond donors (Lipinski definition) is 1. The summed E-state index contributed by atoms with van der Waals surface area (Å²) in [6.45, 7) is 4.99. The van der Waals surface area contributed by atoms with E-state index < -0.39 is 58.9 Å². The predicted molar refractivity (Wildman–Crippen MR) is 90.9 cm³/mol. The Kier molecular flexibility index (Phi) is 6.11. The number of aliphatic hydroxyl groups is 1. The first-order valence-electron chi connectivity index (χ1n) is 9.59. The minimum atomic E-state index is -5.87. The Balaban J connectivity index is 2.88. The van der Waals surface area contributed by atoms with E-state index in [-0.39, 0.29) is 32.6 Å². The summed E-state index contributed by atoms with van der Waals surface area (Å²) in [4.78, 5) is 12.0. The number of alkyl halides is 7. The lowest BCUT2D eigenvalue weighted by Gasteiger charge is -2.62. The molecule has 1 saturated heterocycles. The molecule has 3 atom stereocenters. The van der Waals surface area contributed by atoms with E-state index in [0.717, 1.165) is 13.8 Å². The first-order valence-corrected chi connectivity index (χ1v) is 9.59. The number of rotatable bonds is 4. The predicted octanol–water partition coefficient (Wildman–Crippen LogP) is 5.15. The fourth-order valence-electron chi connectivity index (χ4n) is 4.52. The van der Waals surface area contributed by atoms with Crippen molar-refractivity contribution in [2.45, 2.75) is 94.3 Å². The maximum absolute atomic E-state index is 15.8. The number of carbonyl (C=O) groups excluding carboxylic acids is 1. The molecule has 2 rings (SSSR count). The van der Waals surface area contributed by atoms with Gasteiger partial charge in [0.15, 0.2) is 0 Å². The SMILES string of the molecule is C=C(C)C(=O)OC1(CC)C(F)(F)C(C)(O)OC(C2CCCCC2)(C(F)(F)F)C1(F)F. The zero-order chi connectivity index (χ0) is 23.4. The molecule has 1 aliphatic carbocycles. The Morgan fingerprint density at radius 3 is 2.03 bits per heavy atom. The topological polar surface area (TPSA) is 55.8 Å². The first-order chi connectivity index (χ1) is 13.5. The van der Waals surface area contributed by atoms with E-state index in [1.807, 2.05) is 0 Å². The van der Waals surface area contributed by atoms with Gasteiger partial charge in [0.1, 0.15) is 0 Å². The highest BCUT2D eigenvalue weighted by molar-refractivity contribution is 5.87. The van der Waals surface area contributed by atoms with Crippen LogP contribution in [0, 0.1) is 5.92 Å². The number of carbonyl (C=O) groups is 1. The van der Waals surface area contributed by atoms with Crippen molar-refractivity contribution in [1.82, 2.24) is 0 Å². The van der Waals surface area contributed by atoms with E-state index in [9.17, 15) is 23.1 Å². The number of halogens is 7. The van der Waals surface area contributed by atoms with Crippen LogP contribution in [-0.4, -0.2) is 46.1 Å². The monoisotopic (exact) mass is 450 g/mol. The van der Waals surface area contributed by atoms with Gasteiger partial charge in [-0.25, -0.2) is 4.79 Å². The van der Waals surface area contributed by atoms with Crippen molar-refractivity contribution in [3.8, 4) is 0 Å². The van der Waals surface area contributed by atoms with E-state index in [1.165, 1.54) is 0 Å². The molecule has 4 nitrogen and oxygen atoms in total. The molecule has 11 heteroatoms. The standard InChI is InChI=1S/C19H25F7O4/c1-5-15(29-13(27)11(2)3)17(20,21)14(4,28)30-16(18(15,22)23,19(24,25)26)12-9-7-6-8-10-12/h12,28H,2,5-10H2,1,3-4H3. The lowest BCUT2D eigenvalue weighted by molar-refractivity contribution is -0.525. The molecule has 1 saturated carbocycles. The second-order valence-electron chi connectivity index (χ2n) is 8.15. The van der Waals surface area contributed by atoms with Crippen LogP contribution in [0.1, 0.15) is 59.3 Å². The molecule has 1 aliphatic heterocycles. The van der Waals surface area contributed by atoms with Crippen LogP contribution in [0.2, 0.25) is 0 Å². The summed E-state index contributed by atoms with van der Waals surface area (Å²) in [5, 5.41) is 10.3. The summed E-state index contributed by atoms with van der Waals surface area (Å²) in [6.07, 6.45) is -7.29. The minimum Gasteiger partial charge on any atom is -0.442 e. The Hall–Kier alpha value is -1.36. The van der Waals surface area contributed by atoms with Crippen LogP contribution < -0.4 is 0 Å². The van der Waals surface area contributed by atoms with Crippen LogP contribution >= 0.6 is 0 Å². The highest BCUT2D eigenvalue weighted by Gasteiger charge is 2.92. The molecule has 0 aromatic carbocycles. The minimum absolute atomic E-state index is 0.144. The maximum atomic E-state index is 15.8. The summed E-state index contributed by atoms with van der Waals surface area (Å²) in [6, 6.07) is 0. The van der Waals surface area contributed by atoms with Crippen LogP contribution in [0.3, 0.4) is 0 Å². The average molecular weight is 450 g/mol. The Morgan fingerprint density at radius 1 is 1.13 bits per heavy atom. The Bertz CT molecular complexity index is 697. The first kappa shape index (κ1) is 24.9. The fraction of sp³-hybridized carbons (Fsp3) is 0.842. The van der Waals surface area contributed by atoms with E-state index in [0.29, 0.717) is 6.42 Å². The normalized spacial score (nSPS) is 36.9. The molecule has 0 aromatic rings. The van der Waals surface area contributed by atoms with Crippen molar-refractivity contribution in [3.63, 3.8) is 0 Å². The van der Waals surface area contributed by atoms with Gasteiger partial charge in [-0.1, -0.05) is 32.8 Å². The summed E-state index contributed by atoms with van der Waals surface area (Å²) >= 11 is 0. The highest BCUT2D eigenvalue weighted by atomic mass is 19.4. The third-order valence-electron chi connectivity index (χ3n) is 6.14. The molecule has 174 valence electrons. The third-order valence-corrected chi connectivity index (χ3v) is 6.14. The third kappa shape index (κ3) is 3.06. The van der Waals surface area contributed by atoms with Crippen molar-refractivity contribution in [2.24, 2.45) is 5.92 Å². The van der Waals surface area contributed by atoms with Crippen molar-refractivity contribution >= 4 is 5.97 Å². The summed E-state index contributed by atoms with van der Waals surface area (Å²) in [5.41, 5.74) is -9.39. The Morgan fingerprint density at radius 2 is 1.63 bits per heavy atom. The molecular formula is C19H25F7O4. The molecular weight excluding hydrogens is 425 g/mol. The number of esters is 1. The average Bonchev–Trinajstić information content (AvgIpc) is 2.61. The number of ether oxygens (including phenoxy) is 2. The molecule has 0 bridgehead atoms. The molecule has 3 unspecified atom stereocenters. The molecule has 2 aliphatic rings. The molecule has 0 aromatic heterocycles. The van der Waals surface area contributed by atoms with Gasteiger partial charge in [-0.2, -0.15) is 30.7 Å². The second-order valence-corrected chi connectivity index (χ2v) is 8.15. The van der Waals surface area contributed by atoms with Crippen LogP contribution in [0.25, 0.3) is 0 Å². The largest absolute Gasteiger partial charge is 0.442 e. The van der Waals surface area contributed by atoms with Gasteiger partial charge in [-0.3, -0.25) is 0 Å². The van der Waals surface area contributed by atoms with E-state index in [4.69, 9.17) is 0 Å². The van der Waals surface area contributed by atoms with E-state index in [1.54, 1.807) is 0 Å². The molecule has 30 heavy (non-hydrogen) atoms. The van der Waals surface area contributed by atoms with Crippen LogP contribution in [0.4, 0.5) is 30.7 Å². The van der Waals surface area contributed by atoms with Gasteiger partial charge in [0.05, 0.1) is 0 Å². The molecule has 0 spiro atoms. The smallest absolute Gasteiger partial charge is 0.424 e. The van der Waals surface area contributed by atoms with Crippen molar-refractivity contribution in [1.29, 1.82) is 0 Å². The van der Waals surface area contributed by atoms with Gasteiger partial charge in [0, 0.05) is 11.5 Å². The lowest BCUT2D eigenvalue weighted by Crippen LogP contribution is -2.86. The quantitative estimate of drug-likeness (QED) is 0.366. The van der Waals surface area contributed by atoms with Gasteiger partial charge >= 0.3 is 24.0 Å². The van der Waals surface area contributed by atoms with E-state index in [2.05, 4.69) is 16.1 Å². The molecule has 1 heterocycles. The van der Waals surface area contributed by atoms with Gasteiger partial charge in [0.25, 0.3) is 0 Å². The molecule has 1 N–H and O–H groups in total.